The normalized spacial score (nSPS) is 18.4. The number of rotatable bonds is 6. The van der Waals surface area contributed by atoms with Gasteiger partial charge in [-0.25, -0.2) is 19.6 Å². The number of nitrogens with zero attached hydrogens (tertiary/aromatic N) is 2. The van der Waals surface area contributed by atoms with Gasteiger partial charge in [-0.3, -0.25) is 4.79 Å². The molecule has 1 heterocycles. The fourth-order valence-corrected chi connectivity index (χ4v) is 2.61. The van der Waals surface area contributed by atoms with Crippen LogP contribution in [0, 0.1) is 5.82 Å². The van der Waals surface area contributed by atoms with E-state index in [1.165, 1.54) is 11.9 Å². The zero-order chi connectivity index (χ0) is 20.9. The van der Waals surface area contributed by atoms with Crippen LogP contribution in [0.4, 0.5) is 17.6 Å². The summed E-state index contributed by atoms with van der Waals surface area (Å²) in [5, 5.41) is 2.94. The molecule has 2 rings (SSSR count). The number of amides is 1. The molecule has 0 saturated carbocycles. The van der Waals surface area contributed by atoms with E-state index >= 15 is 0 Å². The summed E-state index contributed by atoms with van der Waals surface area (Å²) < 4.78 is 59.8. The van der Waals surface area contributed by atoms with Crippen molar-refractivity contribution in [2.24, 2.45) is 0 Å². The second-order valence-electron chi connectivity index (χ2n) is 6.33. The van der Waals surface area contributed by atoms with Crippen LogP contribution in [0.2, 0.25) is 0 Å². The van der Waals surface area contributed by atoms with Crippen molar-refractivity contribution < 1.29 is 31.9 Å². The lowest BCUT2D eigenvalue weighted by atomic mass is 10.1. The maximum absolute atomic E-state index is 14.0. The van der Waals surface area contributed by atoms with Crippen LogP contribution in [0.15, 0.2) is 24.3 Å². The smallest absolute Gasteiger partial charge is 0.437 e. The Labute approximate surface area is 159 Å². The number of benzene rings is 1. The van der Waals surface area contributed by atoms with E-state index < -0.39 is 29.5 Å². The summed E-state index contributed by atoms with van der Waals surface area (Å²) in [4.78, 5) is 26.7. The quantitative estimate of drug-likeness (QED) is 0.419. The Kier molecular flexibility index (Phi) is 6.96. The Hall–Kier alpha value is -2.24. The van der Waals surface area contributed by atoms with Crippen LogP contribution < -0.4 is 10.7 Å². The molecule has 0 radical (unpaired) electrons. The van der Waals surface area contributed by atoms with Crippen LogP contribution in [-0.4, -0.2) is 73.5 Å². The van der Waals surface area contributed by atoms with Gasteiger partial charge in [0.1, 0.15) is 5.82 Å². The average Bonchev–Trinajstić information content (AvgIpc) is 2.62. The van der Waals surface area contributed by atoms with E-state index in [0.717, 1.165) is 24.3 Å². The highest BCUT2D eigenvalue weighted by atomic mass is 19.4. The van der Waals surface area contributed by atoms with E-state index in [2.05, 4.69) is 10.2 Å². The van der Waals surface area contributed by atoms with E-state index in [4.69, 9.17) is 0 Å². The molecule has 0 spiro atoms. The molecule has 2 N–H and O–H groups in total. The summed E-state index contributed by atoms with van der Waals surface area (Å²) in [5.74, 6) is -3.54. The summed E-state index contributed by atoms with van der Waals surface area (Å²) in [7, 11) is 1.82. The Bertz CT molecular complexity index is 691. The van der Waals surface area contributed by atoms with E-state index in [-0.39, 0.29) is 25.3 Å². The largest absolute Gasteiger partial charge is 0.463 e. The van der Waals surface area contributed by atoms with Gasteiger partial charge in [-0.2, -0.15) is 13.2 Å². The number of halogens is 4. The molecule has 1 aromatic rings. The summed E-state index contributed by atoms with van der Waals surface area (Å²) >= 11 is 0. The molecule has 11 heteroatoms. The first kappa shape index (κ1) is 22.1. The molecular weight excluding hydrogens is 384 g/mol. The lowest BCUT2D eigenvalue weighted by Crippen LogP contribution is -2.76. The van der Waals surface area contributed by atoms with Crippen LogP contribution >= 0.6 is 0 Å². The van der Waals surface area contributed by atoms with Gasteiger partial charge in [0.15, 0.2) is 0 Å². The second-order valence-corrected chi connectivity index (χ2v) is 6.33. The van der Waals surface area contributed by atoms with Crippen LogP contribution in [0.3, 0.4) is 0 Å². The number of ether oxygens (including phenoxy) is 1. The third kappa shape index (κ3) is 4.97. The molecule has 1 aromatic carbocycles. The number of piperazine rings is 1. The minimum Gasteiger partial charge on any atom is -0.463 e. The van der Waals surface area contributed by atoms with Crippen LogP contribution in [-0.2, 0) is 9.53 Å². The van der Waals surface area contributed by atoms with E-state index in [1.54, 1.807) is 5.32 Å². The molecule has 1 saturated heterocycles. The molecule has 1 aliphatic rings. The van der Waals surface area contributed by atoms with Gasteiger partial charge in [0, 0.05) is 31.7 Å². The molecule has 1 aliphatic heterocycles. The third-order valence-corrected chi connectivity index (χ3v) is 4.24. The highest BCUT2D eigenvalue weighted by Gasteiger charge is 2.64. The van der Waals surface area contributed by atoms with Crippen molar-refractivity contribution in [2.45, 2.75) is 18.8 Å². The van der Waals surface area contributed by atoms with Crippen molar-refractivity contribution in [3.63, 3.8) is 0 Å². The Balaban J connectivity index is 2.36. The van der Waals surface area contributed by atoms with Gasteiger partial charge in [-0.15, -0.1) is 0 Å². The zero-order valence-electron chi connectivity index (χ0n) is 15.5. The summed E-state index contributed by atoms with van der Waals surface area (Å²) in [6.45, 7) is 2.37. The number of hydrogen-bond donors (Lipinski definition) is 2. The molecule has 1 amide bonds. The second kappa shape index (κ2) is 8.84. The van der Waals surface area contributed by atoms with Crippen molar-refractivity contribution in [2.75, 3.05) is 39.8 Å². The zero-order valence-corrected chi connectivity index (χ0v) is 15.5. The number of esters is 1. The monoisotopic (exact) mass is 406 g/mol. The third-order valence-electron chi connectivity index (χ3n) is 4.24. The van der Waals surface area contributed by atoms with Gasteiger partial charge in [-0.05, 0) is 38.2 Å². The number of alkyl halides is 3. The minimum atomic E-state index is -5.21. The van der Waals surface area contributed by atoms with Crippen molar-refractivity contribution in [1.29, 1.82) is 0 Å². The van der Waals surface area contributed by atoms with Crippen molar-refractivity contribution in [1.82, 2.24) is 20.7 Å². The predicted octanol–water partition coefficient (Wildman–Crippen LogP) is 1.13. The first-order valence-corrected chi connectivity index (χ1v) is 8.62. The number of carbonyl (C=O) groups is 2. The van der Waals surface area contributed by atoms with Crippen molar-refractivity contribution in [3.05, 3.63) is 35.6 Å². The number of carbonyl (C=O) groups excluding carboxylic acids is 2. The van der Waals surface area contributed by atoms with E-state index in [0.29, 0.717) is 13.1 Å². The van der Waals surface area contributed by atoms with Gasteiger partial charge in [-0.1, -0.05) is 0 Å². The van der Waals surface area contributed by atoms with Gasteiger partial charge in [0.05, 0.1) is 6.61 Å². The van der Waals surface area contributed by atoms with E-state index in [1.807, 2.05) is 11.9 Å². The molecule has 1 atom stereocenters. The van der Waals surface area contributed by atoms with Crippen LogP contribution in [0.25, 0.3) is 0 Å². The standard InChI is InChI=1S/C17H22F4N4O3/c1-3-28-15(27)16(17(19,20)21,23-25-10-8-24(2)9-11-25)22-14(26)12-4-6-13(18)7-5-12/h4-7,23H,3,8-11H2,1-2H3,(H,22,26). The molecule has 7 nitrogen and oxygen atoms in total. The molecule has 0 aromatic heterocycles. The number of likely N-dealkylation sites (N-methyl/N-ethyl adjacent to an activating group) is 1. The molecule has 0 bridgehead atoms. The van der Waals surface area contributed by atoms with Crippen LogP contribution in [0.1, 0.15) is 17.3 Å². The average molecular weight is 406 g/mol. The van der Waals surface area contributed by atoms with Gasteiger partial charge >= 0.3 is 17.8 Å². The Morgan fingerprint density at radius 3 is 2.18 bits per heavy atom. The van der Waals surface area contributed by atoms with Crippen LogP contribution in [0.5, 0.6) is 0 Å². The summed E-state index contributed by atoms with van der Waals surface area (Å²) in [5.41, 5.74) is -1.59. The molecule has 1 unspecified atom stereocenters. The van der Waals surface area contributed by atoms with Crippen molar-refractivity contribution in [3.8, 4) is 0 Å². The summed E-state index contributed by atoms with van der Waals surface area (Å²) in [6, 6.07) is 3.91. The number of nitrogens with one attached hydrogen (secondary N) is 2. The fraction of sp³-hybridized carbons (Fsp3) is 0.529. The molecular formula is C17H22F4N4O3. The maximum Gasteiger partial charge on any atom is 0.437 e. The molecule has 1 fully saturated rings. The SMILES string of the molecule is CCOC(=O)C(NC(=O)c1ccc(F)cc1)(NN1CCN(C)CC1)C(F)(F)F. The molecule has 28 heavy (non-hydrogen) atoms. The Morgan fingerprint density at radius 1 is 1.11 bits per heavy atom. The minimum absolute atomic E-state index is 0.195. The topological polar surface area (TPSA) is 73.9 Å². The lowest BCUT2D eigenvalue weighted by Gasteiger charge is -2.41. The van der Waals surface area contributed by atoms with Gasteiger partial charge < -0.3 is 15.0 Å². The molecule has 0 aliphatic carbocycles. The Morgan fingerprint density at radius 2 is 1.68 bits per heavy atom. The number of hydrazine groups is 1. The highest BCUT2D eigenvalue weighted by Crippen LogP contribution is 2.31. The summed E-state index contributed by atoms with van der Waals surface area (Å²) in [6.07, 6.45) is -5.21. The van der Waals surface area contributed by atoms with Crippen molar-refractivity contribution >= 4 is 11.9 Å². The lowest BCUT2D eigenvalue weighted by molar-refractivity contribution is -0.231. The van der Waals surface area contributed by atoms with Gasteiger partial charge in [0.2, 0.25) is 0 Å². The first-order chi connectivity index (χ1) is 13.1. The van der Waals surface area contributed by atoms with Gasteiger partial charge in [0.25, 0.3) is 5.91 Å². The maximum atomic E-state index is 14.0. The fourth-order valence-electron chi connectivity index (χ4n) is 2.61. The number of hydrogen-bond acceptors (Lipinski definition) is 6. The highest BCUT2D eigenvalue weighted by molar-refractivity contribution is 5.98. The first-order valence-electron chi connectivity index (χ1n) is 8.62. The molecule has 156 valence electrons. The predicted molar refractivity (Wildman–Crippen MR) is 91.5 cm³/mol. The van der Waals surface area contributed by atoms with E-state index in [9.17, 15) is 27.2 Å².